The van der Waals surface area contributed by atoms with E-state index in [4.69, 9.17) is 5.11 Å². The van der Waals surface area contributed by atoms with Crippen molar-refractivity contribution in [1.82, 2.24) is 0 Å². The van der Waals surface area contributed by atoms with Crippen molar-refractivity contribution in [2.24, 2.45) is 0 Å². The third kappa shape index (κ3) is 1.79. The molecule has 0 bridgehead atoms. The molecule has 0 aliphatic heterocycles. The van der Waals surface area contributed by atoms with Gasteiger partial charge in [0.25, 0.3) is 0 Å². The summed E-state index contributed by atoms with van der Waals surface area (Å²) in [6.07, 6.45) is -2.66. The quantitative estimate of drug-likeness (QED) is 0.470. The minimum atomic E-state index is -2.66. The SMILES string of the molecule is OCC(F)c1c(F)c(F)c(F)c(F)c1F. The van der Waals surface area contributed by atoms with Gasteiger partial charge in [0.05, 0.1) is 12.2 Å². The van der Waals surface area contributed by atoms with Gasteiger partial charge in [-0.2, -0.15) is 0 Å². The molecule has 84 valence electrons. The van der Waals surface area contributed by atoms with E-state index in [-0.39, 0.29) is 0 Å². The summed E-state index contributed by atoms with van der Waals surface area (Å²) >= 11 is 0. The first kappa shape index (κ1) is 11.8. The van der Waals surface area contributed by atoms with Crippen LogP contribution in [0.15, 0.2) is 0 Å². The number of alkyl halides is 1. The maximum Gasteiger partial charge on any atom is 0.200 e. The van der Waals surface area contributed by atoms with Crippen LogP contribution in [0, 0.1) is 29.1 Å². The van der Waals surface area contributed by atoms with Crippen LogP contribution in [0.2, 0.25) is 0 Å². The van der Waals surface area contributed by atoms with Crippen molar-refractivity contribution < 1.29 is 31.4 Å². The highest BCUT2D eigenvalue weighted by Crippen LogP contribution is 2.29. The third-order valence-corrected chi connectivity index (χ3v) is 1.72. The molecule has 0 aliphatic carbocycles. The number of hydrogen-bond acceptors (Lipinski definition) is 1. The Labute approximate surface area is 79.9 Å². The fourth-order valence-electron chi connectivity index (χ4n) is 0.988. The summed E-state index contributed by atoms with van der Waals surface area (Å²) in [6.45, 7) is -1.38. The van der Waals surface area contributed by atoms with E-state index in [0.717, 1.165) is 0 Å². The van der Waals surface area contributed by atoms with Gasteiger partial charge in [-0.3, -0.25) is 0 Å². The van der Waals surface area contributed by atoms with E-state index in [1.54, 1.807) is 0 Å². The second kappa shape index (κ2) is 4.09. The Morgan fingerprint density at radius 3 is 1.47 bits per heavy atom. The molecular weight excluding hydrogens is 226 g/mol. The number of benzene rings is 1. The van der Waals surface area contributed by atoms with Crippen molar-refractivity contribution in [3.05, 3.63) is 34.6 Å². The molecule has 1 unspecified atom stereocenters. The van der Waals surface area contributed by atoms with Gasteiger partial charge in [0, 0.05) is 0 Å². The van der Waals surface area contributed by atoms with Gasteiger partial charge < -0.3 is 5.11 Å². The summed E-state index contributed by atoms with van der Waals surface area (Å²) in [5, 5.41) is 8.24. The highest BCUT2D eigenvalue weighted by molar-refractivity contribution is 5.26. The molecule has 0 amide bonds. The van der Waals surface area contributed by atoms with Gasteiger partial charge in [-0.15, -0.1) is 0 Å². The zero-order chi connectivity index (χ0) is 11.7. The number of halogens is 6. The molecule has 1 aromatic carbocycles. The Hall–Kier alpha value is -1.24. The Morgan fingerprint density at radius 2 is 1.13 bits per heavy atom. The average Bonchev–Trinajstić information content (AvgIpc) is 2.23. The number of aliphatic hydroxyl groups is 1. The average molecular weight is 230 g/mol. The highest BCUT2D eigenvalue weighted by atomic mass is 19.2. The van der Waals surface area contributed by atoms with Gasteiger partial charge in [-0.05, 0) is 0 Å². The second-order valence-corrected chi connectivity index (χ2v) is 2.63. The molecule has 0 radical (unpaired) electrons. The van der Waals surface area contributed by atoms with Crippen LogP contribution < -0.4 is 0 Å². The van der Waals surface area contributed by atoms with E-state index in [1.165, 1.54) is 0 Å². The van der Waals surface area contributed by atoms with Gasteiger partial charge >= 0.3 is 0 Å². The lowest BCUT2D eigenvalue weighted by molar-refractivity contribution is 0.169. The monoisotopic (exact) mass is 230 g/mol. The first-order valence-electron chi connectivity index (χ1n) is 3.68. The van der Waals surface area contributed by atoms with Crippen molar-refractivity contribution in [2.45, 2.75) is 6.17 Å². The molecule has 15 heavy (non-hydrogen) atoms. The van der Waals surface area contributed by atoms with Gasteiger partial charge in [0.15, 0.2) is 29.4 Å². The zero-order valence-electron chi connectivity index (χ0n) is 7.00. The van der Waals surface area contributed by atoms with Crippen molar-refractivity contribution >= 4 is 0 Å². The number of rotatable bonds is 2. The van der Waals surface area contributed by atoms with Crippen LogP contribution in [0.4, 0.5) is 26.3 Å². The van der Waals surface area contributed by atoms with Crippen LogP contribution in [0.3, 0.4) is 0 Å². The predicted molar refractivity (Wildman–Crippen MR) is 37.2 cm³/mol. The van der Waals surface area contributed by atoms with Gasteiger partial charge in [-0.25, -0.2) is 26.3 Å². The summed E-state index contributed by atoms with van der Waals surface area (Å²) in [6, 6.07) is 0. The van der Waals surface area contributed by atoms with E-state index >= 15 is 0 Å². The number of hydrogen-bond donors (Lipinski definition) is 1. The molecule has 1 nitrogen and oxygen atoms in total. The summed E-state index contributed by atoms with van der Waals surface area (Å²) in [7, 11) is 0. The Kier molecular flexibility index (Phi) is 3.23. The molecule has 0 fully saturated rings. The van der Waals surface area contributed by atoms with Gasteiger partial charge in [0.2, 0.25) is 5.82 Å². The molecule has 1 atom stereocenters. The smallest absolute Gasteiger partial charge is 0.200 e. The van der Waals surface area contributed by atoms with E-state index in [9.17, 15) is 26.3 Å². The predicted octanol–water partition coefficient (Wildman–Crippen LogP) is 2.38. The van der Waals surface area contributed by atoms with E-state index < -0.39 is 47.4 Å². The van der Waals surface area contributed by atoms with Gasteiger partial charge in [-0.1, -0.05) is 0 Å². The second-order valence-electron chi connectivity index (χ2n) is 2.63. The summed E-state index contributed by atoms with van der Waals surface area (Å²) in [5.74, 6) is -11.4. The zero-order valence-corrected chi connectivity index (χ0v) is 7.00. The molecule has 0 aliphatic rings. The van der Waals surface area contributed by atoms with Crippen LogP contribution >= 0.6 is 0 Å². The Bertz CT molecular complexity index is 362. The Morgan fingerprint density at radius 1 is 0.800 bits per heavy atom. The molecule has 1 N–H and O–H groups in total. The maximum atomic E-state index is 12.8. The van der Waals surface area contributed by atoms with Crippen LogP contribution in [-0.4, -0.2) is 11.7 Å². The molecule has 0 saturated carbocycles. The minimum Gasteiger partial charge on any atom is -0.393 e. The lowest BCUT2D eigenvalue weighted by atomic mass is 10.1. The summed E-state index contributed by atoms with van der Waals surface area (Å²) in [4.78, 5) is 0. The first-order chi connectivity index (χ1) is 6.91. The normalized spacial score (nSPS) is 13.0. The van der Waals surface area contributed by atoms with Crippen molar-refractivity contribution in [3.63, 3.8) is 0 Å². The van der Waals surface area contributed by atoms with E-state index in [0.29, 0.717) is 0 Å². The fraction of sp³-hybridized carbons (Fsp3) is 0.250. The standard InChI is InChI=1S/C8H4F6O/c9-2(1-15)3-4(10)6(12)8(14)7(13)5(3)11/h2,15H,1H2. The molecule has 0 heterocycles. The largest absolute Gasteiger partial charge is 0.393 e. The van der Waals surface area contributed by atoms with Crippen LogP contribution in [0.1, 0.15) is 11.7 Å². The molecule has 0 spiro atoms. The molecule has 7 heteroatoms. The molecular formula is C8H4F6O. The van der Waals surface area contributed by atoms with Crippen LogP contribution in [0.25, 0.3) is 0 Å². The van der Waals surface area contributed by atoms with E-state index in [1.807, 2.05) is 0 Å². The topological polar surface area (TPSA) is 20.2 Å². The fourth-order valence-corrected chi connectivity index (χ4v) is 0.988. The van der Waals surface area contributed by atoms with Crippen molar-refractivity contribution in [3.8, 4) is 0 Å². The summed E-state index contributed by atoms with van der Waals surface area (Å²) < 4.78 is 75.7. The first-order valence-corrected chi connectivity index (χ1v) is 3.68. The Balaban J connectivity index is 3.52. The molecule has 1 rings (SSSR count). The van der Waals surface area contributed by atoms with Crippen LogP contribution in [0.5, 0.6) is 0 Å². The molecule has 0 saturated heterocycles. The lowest BCUT2D eigenvalue weighted by Gasteiger charge is -2.09. The third-order valence-electron chi connectivity index (χ3n) is 1.72. The minimum absolute atomic E-state index is 1.38. The molecule has 1 aromatic rings. The van der Waals surface area contributed by atoms with Gasteiger partial charge in [0.1, 0.15) is 0 Å². The lowest BCUT2D eigenvalue weighted by Crippen LogP contribution is -2.11. The van der Waals surface area contributed by atoms with E-state index in [2.05, 4.69) is 0 Å². The van der Waals surface area contributed by atoms with Crippen LogP contribution in [-0.2, 0) is 0 Å². The number of aliphatic hydroxyl groups excluding tert-OH is 1. The van der Waals surface area contributed by atoms with Crippen molar-refractivity contribution in [2.75, 3.05) is 6.61 Å². The highest BCUT2D eigenvalue weighted by Gasteiger charge is 2.29. The summed E-state index contributed by atoms with van der Waals surface area (Å²) in [5.41, 5.74) is -1.66. The van der Waals surface area contributed by atoms with Crippen molar-refractivity contribution in [1.29, 1.82) is 0 Å². The maximum absolute atomic E-state index is 12.8. The molecule has 0 aromatic heterocycles.